The number of carbonyl (C=O) groups is 2. The van der Waals surface area contributed by atoms with Crippen LogP contribution in [0.4, 0.5) is 0 Å². The number of carboxylic acids is 1. The van der Waals surface area contributed by atoms with Crippen LogP contribution in [0, 0.1) is 0 Å². The Morgan fingerprint density at radius 2 is 2.15 bits per heavy atom. The van der Waals surface area contributed by atoms with Crippen molar-refractivity contribution in [1.82, 2.24) is 4.90 Å². The summed E-state index contributed by atoms with van der Waals surface area (Å²) in [5.41, 5.74) is 1.04. The topological polar surface area (TPSA) is 66.8 Å². The largest absolute Gasteiger partial charge is 0.480 e. The lowest BCUT2D eigenvalue weighted by atomic mass is 10.1. The van der Waals surface area contributed by atoms with Crippen molar-refractivity contribution >= 4 is 27.8 Å². The quantitative estimate of drug-likeness (QED) is 0.783. The van der Waals surface area contributed by atoms with Crippen LogP contribution in [0.1, 0.15) is 12.0 Å². The van der Waals surface area contributed by atoms with E-state index in [1.807, 2.05) is 24.3 Å². The van der Waals surface area contributed by atoms with Crippen LogP contribution in [0.5, 0.6) is 0 Å². The minimum atomic E-state index is -1.02. The first-order valence-electron chi connectivity index (χ1n) is 6.26. The molecule has 1 N–H and O–H groups in total. The van der Waals surface area contributed by atoms with Gasteiger partial charge in [-0.05, 0) is 24.1 Å². The molecule has 0 bridgehead atoms. The van der Waals surface area contributed by atoms with Crippen molar-refractivity contribution in [2.75, 3.05) is 26.8 Å². The first-order valence-corrected chi connectivity index (χ1v) is 7.05. The third kappa shape index (κ3) is 6.16. The Kier molecular flexibility index (Phi) is 7.25. The van der Waals surface area contributed by atoms with Crippen LogP contribution < -0.4 is 0 Å². The molecule has 0 heterocycles. The molecule has 0 atom stereocenters. The lowest BCUT2D eigenvalue weighted by Gasteiger charge is -2.20. The molecule has 110 valence electrons. The second-order valence-corrected chi connectivity index (χ2v) is 5.25. The molecular formula is C14H18BrNO4. The molecule has 0 fully saturated rings. The molecule has 6 heteroatoms. The number of amides is 1. The number of hydrogen-bond donors (Lipinski definition) is 1. The number of methoxy groups -OCH3 is 1. The Labute approximate surface area is 126 Å². The van der Waals surface area contributed by atoms with Gasteiger partial charge < -0.3 is 14.7 Å². The fourth-order valence-corrected chi connectivity index (χ4v) is 2.21. The molecule has 0 aliphatic carbocycles. The van der Waals surface area contributed by atoms with Gasteiger partial charge in [0.2, 0.25) is 5.91 Å². The standard InChI is InChI=1S/C14H18BrNO4/c1-20-8-7-16(10-14(18)19)13(17)6-5-11-3-2-4-12(15)9-11/h2-4,9H,5-8,10H2,1H3,(H,18,19). The van der Waals surface area contributed by atoms with Crippen LogP contribution in [0.15, 0.2) is 28.7 Å². The first-order chi connectivity index (χ1) is 9.52. The maximum atomic E-state index is 12.0. The van der Waals surface area contributed by atoms with E-state index in [4.69, 9.17) is 9.84 Å². The SMILES string of the molecule is COCCN(CC(=O)O)C(=O)CCc1cccc(Br)c1. The van der Waals surface area contributed by atoms with E-state index in [-0.39, 0.29) is 18.9 Å². The summed E-state index contributed by atoms with van der Waals surface area (Å²) in [6, 6.07) is 7.71. The Morgan fingerprint density at radius 1 is 1.40 bits per heavy atom. The summed E-state index contributed by atoms with van der Waals surface area (Å²) in [5.74, 6) is -1.19. The lowest BCUT2D eigenvalue weighted by Crippen LogP contribution is -2.38. The third-order valence-electron chi connectivity index (χ3n) is 2.76. The van der Waals surface area contributed by atoms with Crippen LogP contribution in [0.2, 0.25) is 0 Å². The van der Waals surface area contributed by atoms with Gasteiger partial charge in [0.05, 0.1) is 6.61 Å². The summed E-state index contributed by atoms with van der Waals surface area (Å²) in [5, 5.41) is 8.81. The van der Waals surface area contributed by atoms with Gasteiger partial charge in [-0.15, -0.1) is 0 Å². The van der Waals surface area contributed by atoms with Crippen LogP contribution in [-0.4, -0.2) is 48.7 Å². The molecule has 0 radical (unpaired) electrons. The van der Waals surface area contributed by atoms with E-state index >= 15 is 0 Å². The molecule has 0 saturated heterocycles. The predicted octanol–water partition coefficient (Wildman–Crippen LogP) is 1.94. The third-order valence-corrected chi connectivity index (χ3v) is 3.25. The predicted molar refractivity (Wildman–Crippen MR) is 78.6 cm³/mol. The molecule has 0 aliphatic heterocycles. The molecule has 0 saturated carbocycles. The van der Waals surface area contributed by atoms with Crippen LogP contribution >= 0.6 is 15.9 Å². The van der Waals surface area contributed by atoms with Gasteiger partial charge >= 0.3 is 5.97 Å². The smallest absolute Gasteiger partial charge is 0.323 e. The van der Waals surface area contributed by atoms with Gasteiger partial charge in [0.1, 0.15) is 6.54 Å². The number of aryl methyl sites for hydroxylation is 1. The molecule has 5 nitrogen and oxygen atoms in total. The van der Waals surface area contributed by atoms with Crippen molar-refractivity contribution in [2.24, 2.45) is 0 Å². The van der Waals surface area contributed by atoms with Crippen molar-refractivity contribution in [1.29, 1.82) is 0 Å². The highest BCUT2D eigenvalue weighted by Gasteiger charge is 2.16. The number of ether oxygens (including phenoxy) is 1. The fraction of sp³-hybridized carbons (Fsp3) is 0.429. The monoisotopic (exact) mass is 343 g/mol. The van der Waals surface area contributed by atoms with Crippen LogP contribution in [0.3, 0.4) is 0 Å². The Bertz CT molecular complexity index is 464. The molecule has 0 aliphatic rings. The number of benzene rings is 1. The second kappa shape index (κ2) is 8.71. The van der Waals surface area contributed by atoms with Gasteiger partial charge in [0, 0.05) is 24.5 Å². The minimum Gasteiger partial charge on any atom is -0.480 e. The number of hydrogen-bond acceptors (Lipinski definition) is 3. The van der Waals surface area contributed by atoms with Crippen molar-refractivity contribution in [2.45, 2.75) is 12.8 Å². The zero-order chi connectivity index (χ0) is 15.0. The van der Waals surface area contributed by atoms with Crippen molar-refractivity contribution < 1.29 is 19.4 Å². The Morgan fingerprint density at radius 3 is 2.75 bits per heavy atom. The maximum absolute atomic E-state index is 12.0. The Balaban J connectivity index is 2.54. The van der Waals surface area contributed by atoms with E-state index in [2.05, 4.69) is 15.9 Å². The van der Waals surface area contributed by atoms with Gasteiger partial charge in [0.15, 0.2) is 0 Å². The molecule has 0 spiro atoms. The van der Waals surface area contributed by atoms with E-state index < -0.39 is 5.97 Å². The average molecular weight is 344 g/mol. The van der Waals surface area contributed by atoms with E-state index in [0.717, 1.165) is 10.0 Å². The molecule has 1 aromatic rings. The van der Waals surface area contributed by atoms with E-state index in [1.165, 1.54) is 12.0 Å². The maximum Gasteiger partial charge on any atom is 0.323 e. The van der Waals surface area contributed by atoms with E-state index in [0.29, 0.717) is 19.6 Å². The Hall–Kier alpha value is -1.40. The van der Waals surface area contributed by atoms with Gasteiger partial charge in [-0.1, -0.05) is 28.1 Å². The number of rotatable bonds is 8. The summed E-state index contributed by atoms with van der Waals surface area (Å²) in [6.07, 6.45) is 0.870. The second-order valence-electron chi connectivity index (χ2n) is 4.33. The van der Waals surface area contributed by atoms with Crippen LogP contribution in [-0.2, 0) is 20.7 Å². The van der Waals surface area contributed by atoms with Gasteiger partial charge in [0.25, 0.3) is 0 Å². The summed E-state index contributed by atoms with van der Waals surface area (Å²) >= 11 is 3.38. The minimum absolute atomic E-state index is 0.176. The fourth-order valence-electron chi connectivity index (χ4n) is 1.76. The molecule has 20 heavy (non-hydrogen) atoms. The van der Waals surface area contributed by atoms with Gasteiger partial charge in [-0.2, -0.15) is 0 Å². The average Bonchev–Trinajstić information content (AvgIpc) is 2.40. The van der Waals surface area contributed by atoms with Crippen molar-refractivity contribution in [3.8, 4) is 0 Å². The number of nitrogens with zero attached hydrogens (tertiary/aromatic N) is 1. The first kappa shape index (κ1) is 16.7. The molecule has 0 aromatic heterocycles. The van der Waals surface area contributed by atoms with Crippen LogP contribution in [0.25, 0.3) is 0 Å². The van der Waals surface area contributed by atoms with Gasteiger partial charge in [-0.3, -0.25) is 9.59 Å². The highest BCUT2D eigenvalue weighted by molar-refractivity contribution is 9.10. The molecule has 1 amide bonds. The summed E-state index contributed by atoms with van der Waals surface area (Å²) in [4.78, 5) is 24.1. The lowest BCUT2D eigenvalue weighted by molar-refractivity contribution is -0.144. The number of halogens is 1. The molecule has 1 aromatic carbocycles. The summed E-state index contributed by atoms with van der Waals surface area (Å²) < 4.78 is 5.85. The normalized spacial score (nSPS) is 10.3. The zero-order valence-electron chi connectivity index (χ0n) is 11.3. The summed E-state index contributed by atoms with van der Waals surface area (Å²) in [7, 11) is 1.52. The van der Waals surface area contributed by atoms with Crippen molar-refractivity contribution in [3.05, 3.63) is 34.3 Å². The van der Waals surface area contributed by atoms with E-state index in [9.17, 15) is 9.59 Å². The van der Waals surface area contributed by atoms with E-state index in [1.54, 1.807) is 0 Å². The number of carboxylic acid groups (broad SMARTS) is 1. The zero-order valence-corrected chi connectivity index (χ0v) is 12.9. The van der Waals surface area contributed by atoms with Gasteiger partial charge in [-0.25, -0.2) is 0 Å². The highest BCUT2D eigenvalue weighted by atomic mass is 79.9. The molecule has 1 rings (SSSR count). The van der Waals surface area contributed by atoms with Crippen molar-refractivity contribution in [3.63, 3.8) is 0 Å². The highest BCUT2D eigenvalue weighted by Crippen LogP contribution is 2.13. The molecule has 0 unspecified atom stereocenters. The summed E-state index contributed by atoms with van der Waals surface area (Å²) in [6.45, 7) is 0.330. The number of carbonyl (C=O) groups excluding carboxylic acids is 1. The number of aliphatic carboxylic acids is 1. The molecular weight excluding hydrogens is 326 g/mol.